The first-order chi connectivity index (χ1) is 16.9. The highest BCUT2D eigenvalue weighted by atomic mass is 32.1. The molecule has 0 saturated carbocycles. The molecule has 8 rings (SSSR count). The Bertz CT molecular complexity index is 2080. The minimum absolute atomic E-state index is 1.03. The van der Waals surface area contributed by atoms with Crippen LogP contribution in [0.2, 0.25) is 0 Å². The second-order valence-electron chi connectivity index (χ2n) is 8.79. The molecule has 8 aromatic rings. The molecule has 0 aliphatic rings. The molecule has 3 heteroatoms. The van der Waals surface area contributed by atoms with Gasteiger partial charge in [-0.2, -0.15) is 0 Å². The van der Waals surface area contributed by atoms with Crippen LogP contribution in [0.4, 0.5) is 0 Å². The number of nitrogens with zero attached hydrogens (tertiary/aromatic N) is 2. The summed E-state index contributed by atoms with van der Waals surface area (Å²) in [7, 11) is 0. The van der Waals surface area contributed by atoms with Gasteiger partial charge in [0.05, 0.1) is 32.5 Å². The number of para-hydroxylation sites is 2. The number of hydrogen-bond donors (Lipinski definition) is 0. The van der Waals surface area contributed by atoms with Crippen LogP contribution in [-0.2, 0) is 0 Å². The fraction of sp³-hybridized carbons (Fsp3) is 0. The van der Waals surface area contributed by atoms with Crippen molar-refractivity contribution in [2.45, 2.75) is 0 Å². The lowest BCUT2D eigenvalue weighted by molar-refractivity contribution is 1.22. The van der Waals surface area contributed by atoms with E-state index in [9.17, 15) is 0 Å². The summed E-state index contributed by atoms with van der Waals surface area (Å²) in [4.78, 5) is 5.16. The fourth-order valence-corrected chi connectivity index (χ4v) is 6.69. The lowest BCUT2D eigenvalue weighted by Gasteiger charge is -2.14. The molecular formula is C31H18N2S. The molecule has 5 aromatic carbocycles. The number of hydrogen-bond acceptors (Lipinski definition) is 2. The Balaban J connectivity index is 1.71. The molecule has 0 aliphatic carbocycles. The van der Waals surface area contributed by atoms with Gasteiger partial charge in [-0.15, -0.1) is 11.3 Å². The lowest BCUT2D eigenvalue weighted by Crippen LogP contribution is -1.98. The van der Waals surface area contributed by atoms with E-state index in [-0.39, 0.29) is 0 Å². The van der Waals surface area contributed by atoms with Gasteiger partial charge < -0.3 is 4.57 Å². The third kappa shape index (κ3) is 2.32. The highest BCUT2D eigenvalue weighted by Gasteiger charge is 2.21. The van der Waals surface area contributed by atoms with Crippen LogP contribution in [-0.4, -0.2) is 9.55 Å². The van der Waals surface area contributed by atoms with Crippen LogP contribution in [0.5, 0.6) is 0 Å². The zero-order valence-electron chi connectivity index (χ0n) is 18.2. The van der Waals surface area contributed by atoms with Crippen molar-refractivity contribution in [3.63, 3.8) is 0 Å². The van der Waals surface area contributed by atoms with E-state index in [0.29, 0.717) is 0 Å². The summed E-state index contributed by atoms with van der Waals surface area (Å²) in [5, 5.41) is 7.48. The zero-order valence-corrected chi connectivity index (χ0v) is 19.0. The summed E-state index contributed by atoms with van der Waals surface area (Å²) in [6, 6.07) is 39.2. The molecule has 2 nitrogen and oxygen atoms in total. The number of fused-ring (bicyclic) bond motifs is 9. The molecule has 158 valence electrons. The molecule has 0 aliphatic heterocycles. The molecule has 0 radical (unpaired) electrons. The molecule has 3 aromatic heterocycles. The van der Waals surface area contributed by atoms with Crippen LogP contribution in [0, 0.1) is 0 Å². The van der Waals surface area contributed by atoms with Gasteiger partial charge in [0.2, 0.25) is 0 Å². The first-order valence-corrected chi connectivity index (χ1v) is 12.3. The van der Waals surface area contributed by atoms with Gasteiger partial charge in [0.1, 0.15) is 0 Å². The van der Waals surface area contributed by atoms with Crippen molar-refractivity contribution in [3.8, 4) is 5.69 Å². The van der Waals surface area contributed by atoms with E-state index in [1.165, 1.54) is 58.4 Å². The van der Waals surface area contributed by atoms with Crippen molar-refractivity contribution in [1.29, 1.82) is 0 Å². The average molecular weight is 451 g/mol. The van der Waals surface area contributed by atoms with E-state index in [2.05, 4.69) is 114 Å². The second-order valence-corrected chi connectivity index (χ2v) is 9.84. The Hall–Kier alpha value is -4.21. The van der Waals surface area contributed by atoms with Crippen molar-refractivity contribution in [3.05, 3.63) is 109 Å². The molecule has 0 fully saturated rings. The third-order valence-electron chi connectivity index (χ3n) is 6.96. The van der Waals surface area contributed by atoms with Gasteiger partial charge in [0.15, 0.2) is 0 Å². The van der Waals surface area contributed by atoms with Crippen molar-refractivity contribution in [1.82, 2.24) is 9.55 Å². The van der Waals surface area contributed by atoms with Gasteiger partial charge in [0, 0.05) is 31.6 Å². The summed E-state index contributed by atoms with van der Waals surface area (Å²) < 4.78 is 5.00. The topological polar surface area (TPSA) is 17.8 Å². The minimum atomic E-state index is 1.03. The monoisotopic (exact) mass is 450 g/mol. The maximum Gasteiger partial charge on any atom is 0.0917 e. The standard InChI is InChI=1S/C31H18N2S/c1-2-10-20-19(9-1)17-18-22-21-11-4-7-15-26(21)33(29(20)22)30-23-12-3-6-14-25(23)32-28-24-13-5-8-16-27(24)34-31(28)30/h1-18H. The molecule has 0 amide bonds. The van der Waals surface area contributed by atoms with E-state index in [1.54, 1.807) is 0 Å². The Morgan fingerprint density at radius 2 is 1.26 bits per heavy atom. The third-order valence-corrected chi connectivity index (χ3v) is 8.13. The van der Waals surface area contributed by atoms with Gasteiger partial charge in [-0.05, 0) is 23.6 Å². The van der Waals surface area contributed by atoms with E-state index in [1.807, 2.05) is 11.3 Å². The number of rotatable bonds is 1. The lowest BCUT2D eigenvalue weighted by atomic mass is 10.1. The van der Waals surface area contributed by atoms with Crippen LogP contribution >= 0.6 is 11.3 Å². The van der Waals surface area contributed by atoms with Crippen molar-refractivity contribution < 1.29 is 0 Å². The number of thiophene rings is 1. The van der Waals surface area contributed by atoms with Gasteiger partial charge in [-0.1, -0.05) is 91.0 Å². The predicted octanol–water partition coefficient (Wildman–Crippen LogP) is 8.85. The van der Waals surface area contributed by atoms with Gasteiger partial charge in [-0.3, -0.25) is 0 Å². The Morgan fingerprint density at radius 3 is 2.18 bits per heavy atom. The fourth-order valence-electron chi connectivity index (χ4n) is 5.50. The van der Waals surface area contributed by atoms with Crippen LogP contribution in [0.3, 0.4) is 0 Å². The minimum Gasteiger partial charge on any atom is -0.306 e. The van der Waals surface area contributed by atoms with E-state index >= 15 is 0 Å². The van der Waals surface area contributed by atoms with Crippen LogP contribution in [0.25, 0.3) is 69.5 Å². The summed E-state index contributed by atoms with van der Waals surface area (Å²) in [6.45, 7) is 0. The maximum atomic E-state index is 5.16. The molecule has 0 saturated heterocycles. The normalized spacial score (nSPS) is 12.1. The van der Waals surface area contributed by atoms with Gasteiger partial charge in [0.25, 0.3) is 0 Å². The Labute approximate surface area is 199 Å². The molecular weight excluding hydrogens is 432 g/mol. The van der Waals surface area contributed by atoms with Crippen molar-refractivity contribution >= 4 is 75.1 Å². The Morgan fingerprint density at radius 1 is 0.559 bits per heavy atom. The summed E-state index contributed by atoms with van der Waals surface area (Å²) in [5.74, 6) is 0. The quantitative estimate of drug-likeness (QED) is 0.244. The van der Waals surface area contributed by atoms with E-state index in [4.69, 9.17) is 4.98 Å². The van der Waals surface area contributed by atoms with Gasteiger partial charge in [-0.25, -0.2) is 4.98 Å². The number of benzene rings is 5. The van der Waals surface area contributed by atoms with Crippen LogP contribution in [0.15, 0.2) is 109 Å². The van der Waals surface area contributed by atoms with Gasteiger partial charge >= 0.3 is 0 Å². The summed E-state index contributed by atoms with van der Waals surface area (Å²) in [5.41, 5.74) is 5.82. The molecule has 0 atom stereocenters. The first kappa shape index (κ1) is 18.2. The van der Waals surface area contributed by atoms with Crippen molar-refractivity contribution in [2.75, 3.05) is 0 Å². The zero-order chi connectivity index (χ0) is 22.2. The highest BCUT2D eigenvalue weighted by molar-refractivity contribution is 7.26. The van der Waals surface area contributed by atoms with Crippen molar-refractivity contribution in [2.24, 2.45) is 0 Å². The number of pyridine rings is 1. The second kappa shape index (κ2) is 6.66. The molecule has 0 unspecified atom stereocenters. The smallest absolute Gasteiger partial charge is 0.0917 e. The molecule has 0 N–H and O–H groups in total. The Kier molecular flexibility index (Phi) is 3.57. The molecule has 0 bridgehead atoms. The molecule has 34 heavy (non-hydrogen) atoms. The summed E-state index contributed by atoms with van der Waals surface area (Å²) in [6.07, 6.45) is 0. The largest absolute Gasteiger partial charge is 0.306 e. The van der Waals surface area contributed by atoms with Crippen LogP contribution < -0.4 is 0 Å². The van der Waals surface area contributed by atoms with E-state index in [0.717, 1.165) is 11.0 Å². The summed E-state index contributed by atoms with van der Waals surface area (Å²) >= 11 is 1.84. The molecule has 3 heterocycles. The SMILES string of the molecule is c1ccc2c(c1)ccc1c3ccccc3n(-c3c4ccccc4nc4c3sc3ccccc34)c21. The first-order valence-electron chi connectivity index (χ1n) is 11.5. The van der Waals surface area contributed by atoms with Crippen LogP contribution in [0.1, 0.15) is 0 Å². The number of aromatic nitrogens is 2. The predicted molar refractivity (Wildman–Crippen MR) is 146 cm³/mol. The highest BCUT2D eigenvalue weighted by Crippen LogP contribution is 2.44. The molecule has 0 spiro atoms. The maximum absolute atomic E-state index is 5.16. The van der Waals surface area contributed by atoms with E-state index < -0.39 is 0 Å². The average Bonchev–Trinajstić information content (AvgIpc) is 3.43.